The Kier molecular flexibility index (Phi) is 6.36. The number of nitrogens with one attached hydrogen (secondary N) is 1. The second-order valence-corrected chi connectivity index (χ2v) is 4.76. The molecular weight excluding hydrogens is 240 g/mol. The summed E-state index contributed by atoms with van der Waals surface area (Å²) in [5, 5.41) is 2.91. The van der Waals surface area contributed by atoms with Crippen LogP contribution in [-0.2, 0) is 11.2 Å². The number of ether oxygens (including phenoxy) is 1. The molecule has 4 nitrogen and oxygen atoms in total. The van der Waals surface area contributed by atoms with Gasteiger partial charge in [0.1, 0.15) is 5.75 Å². The molecule has 0 heterocycles. The molecule has 0 unspecified atom stereocenters. The molecule has 4 heteroatoms. The molecule has 1 aromatic rings. The van der Waals surface area contributed by atoms with Crippen molar-refractivity contribution in [2.24, 2.45) is 5.73 Å². The van der Waals surface area contributed by atoms with Crippen LogP contribution in [0.4, 0.5) is 0 Å². The number of methoxy groups -OCH3 is 1. The molecule has 19 heavy (non-hydrogen) atoms. The van der Waals surface area contributed by atoms with Gasteiger partial charge in [-0.2, -0.15) is 0 Å². The third-order valence-electron chi connectivity index (χ3n) is 3.07. The van der Waals surface area contributed by atoms with Crippen molar-refractivity contribution >= 4 is 5.91 Å². The van der Waals surface area contributed by atoms with E-state index < -0.39 is 0 Å². The first-order valence-electron chi connectivity index (χ1n) is 6.69. The molecule has 1 rings (SSSR count). The Labute approximate surface area is 115 Å². The van der Waals surface area contributed by atoms with Crippen molar-refractivity contribution in [2.45, 2.75) is 33.1 Å². The van der Waals surface area contributed by atoms with Gasteiger partial charge < -0.3 is 15.8 Å². The lowest BCUT2D eigenvalue weighted by molar-refractivity contribution is -0.121. The molecule has 0 fully saturated rings. The fourth-order valence-corrected chi connectivity index (χ4v) is 2.20. The highest BCUT2D eigenvalue weighted by Crippen LogP contribution is 2.24. The summed E-state index contributed by atoms with van der Waals surface area (Å²) in [6.45, 7) is 5.29. The smallest absolute Gasteiger partial charge is 0.220 e. The fourth-order valence-electron chi connectivity index (χ4n) is 2.20. The predicted molar refractivity (Wildman–Crippen MR) is 77.5 cm³/mol. The molecule has 0 bridgehead atoms. The van der Waals surface area contributed by atoms with Crippen LogP contribution >= 0.6 is 0 Å². The maximum absolute atomic E-state index is 11.4. The van der Waals surface area contributed by atoms with E-state index in [4.69, 9.17) is 10.5 Å². The van der Waals surface area contributed by atoms with Crippen LogP contribution < -0.4 is 15.8 Å². The molecule has 0 saturated carbocycles. The zero-order chi connectivity index (χ0) is 14.3. The fraction of sp³-hybridized carbons (Fsp3) is 0.533. The highest BCUT2D eigenvalue weighted by molar-refractivity contribution is 5.75. The number of amides is 1. The minimum absolute atomic E-state index is 0.0763. The topological polar surface area (TPSA) is 64.3 Å². The van der Waals surface area contributed by atoms with E-state index in [0.717, 1.165) is 29.7 Å². The van der Waals surface area contributed by atoms with Gasteiger partial charge in [0.05, 0.1) is 7.11 Å². The van der Waals surface area contributed by atoms with Gasteiger partial charge in [-0.3, -0.25) is 4.79 Å². The van der Waals surface area contributed by atoms with E-state index in [0.29, 0.717) is 19.5 Å². The van der Waals surface area contributed by atoms with E-state index in [9.17, 15) is 4.79 Å². The summed E-state index contributed by atoms with van der Waals surface area (Å²) in [7, 11) is 1.69. The summed E-state index contributed by atoms with van der Waals surface area (Å²) < 4.78 is 5.34. The summed E-state index contributed by atoms with van der Waals surface area (Å²) >= 11 is 0. The van der Waals surface area contributed by atoms with Gasteiger partial charge in [0.2, 0.25) is 5.91 Å². The van der Waals surface area contributed by atoms with Gasteiger partial charge in [-0.15, -0.1) is 0 Å². The van der Waals surface area contributed by atoms with E-state index in [-0.39, 0.29) is 5.91 Å². The van der Waals surface area contributed by atoms with Crippen molar-refractivity contribution in [1.29, 1.82) is 0 Å². The summed E-state index contributed by atoms with van der Waals surface area (Å²) in [6.07, 6.45) is 2.09. The standard InChI is InChI=1S/C15H24N2O2/c1-11-9-13(10-12(2)15(11)19-3)6-8-17-14(18)5-4-7-16/h9-10H,4-8,16H2,1-3H3,(H,17,18). The molecule has 0 aliphatic rings. The lowest BCUT2D eigenvalue weighted by atomic mass is 10.0. The van der Waals surface area contributed by atoms with Gasteiger partial charge in [0.25, 0.3) is 0 Å². The monoisotopic (exact) mass is 264 g/mol. The Hall–Kier alpha value is -1.55. The lowest BCUT2D eigenvalue weighted by Crippen LogP contribution is -2.26. The van der Waals surface area contributed by atoms with E-state index in [1.807, 2.05) is 13.8 Å². The van der Waals surface area contributed by atoms with E-state index in [1.54, 1.807) is 7.11 Å². The Morgan fingerprint density at radius 1 is 1.32 bits per heavy atom. The first-order chi connectivity index (χ1) is 9.08. The van der Waals surface area contributed by atoms with Crippen LogP contribution in [0.1, 0.15) is 29.5 Å². The Bertz CT molecular complexity index is 407. The van der Waals surface area contributed by atoms with Crippen LogP contribution in [0.5, 0.6) is 5.75 Å². The quantitative estimate of drug-likeness (QED) is 0.788. The number of hydrogen-bond acceptors (Lipinski definition) is 3. The number of rotatable bonds is 7. The first kappa shape index (κ1) is 15.5. The second-order valence-electron chi connectivity index (χ2n) is 4.76. The number of hydrogen-bond donors (Lipinski definition) is 2. The van der Waals surface area contributed by atoms with Crippen molar-refractivity contribution in [3.8, 4) is 5.75 Å². The Balaban J connectivity index is 2.48. The van der Waals surface area contributed by atoms with Gasteiger partial charge >= 0.3 is 0 Å². The zero-order valence-corrected chi connectivity index (χ0v) is 12.1. The van der Waals surface area contributed by atoms with Crippen molar-refractivity contribution in [2.75, 3.05) is 20.2 Å². The Morgan fingerprint density at radius 3 is 2.47 bits per heavy atom. The predicted octanol–water partition coefficient (Wildman–Crippen LogP) is 1.71. The Morgan fingerprint density at radius 2 is 1.95 bits per heavy atom. The third kappa shape index (κ3) is 4.91. The van der Waals surface area contributed by atoms with Gasteiger partial charge in [-0.05, 0) is 49.9 Å². The third-order valence-corrected chi connectivity index (χ3v) is 3.07. The average molecular weight is 264 g/mol. The molecule has 0 aliphatic carbocycles. The number of aryl methyl sites for hydroxylation is 2. The van der Waals surface area contributed by atoms with Crippen LogP contribution in [0.15, 0.2) is 12.1 Å². The van der Waals surface area contributed by atoms with E-state index >= 15 is 0 Å². The largest absolute Gasteiger partial charge is 0.496 e. The van der Waals surface area contributed by atoms with Crippen molar-refractivity contribution in [1.82, 2.24) is 5.32 Å². The van der Waals surface area contributed by atoms with Crippen molar-refractivity contribution in [3.63, 3.8) is 0 Å². The molecule has 3 N–H and O–H groups in total. The maximum atomic E-state index is 11.4. The summed E-state index contributed by atoms with van der Waals surface area (Å²) in [5.41, 5.74) is 8.85. The molecule has 0 spiro atoms. The van der Waals surface area contributed by atoms with E-state index in [1.165, 1.54) is 5.56 Å². The van der Waals surface area contributed by atoms with Gasteiger partial charge in [0.15, 0.2) is 0 Å². The molecule has 0 saturated heterocycles. The first-order valence-corrected chi connectivity index (χ1v) is 6.69. The zero-order valence-electron chi connectivity index (χ0n) is 12.1. The minimum Gasteiger partial charge on any atom is -0.496 e. The molecule has 106 valence electrons. The van der Waals surface area contributed by atoms with Crippen LogP contribution in [0.25, 0.3) is 0 Å². The second kappa shape index (κ2) is 7.79. The number of benzene rings is 1. The molecule has 0 aromatic heterocycles. The van der Waals surface area contributed by atoms with Crippen LogP contribution in [0.2, 0.25) is 0 Å². The SMILES string of the molecule is COc1c(C)cc(CCNC(=O)CCCN)cc1C. The highest BCUT2D eigenvalue weighted by atomic mass is 16.5. The molecule has 0 radical (unpaired) electrons. The summed E-state index contributed by atoms with van der Waals surface area (Å²) in [6, 6.07) is 4.22. The van der Waals surface area contributed by atoms with Crippen LogP contribution in [0, 0.1) is 13.8 Å². The minimum atomic E-state index is 0.0763. The lowest BCUT2D eigenvalue weighted by Gasteiger charge is -2.11. The highest BCUT2D eigenvalue weighted by Gasteiger charge is 2.06. The average Bonchev–Trinajstić information content (AvgIpc) is 2.36. The molecule has 0 aliphatic heterocycles. The maximum Gasteiger partial charge on any atom is 0.220 e. The van der Waals surface area contributed by atoms with Gasteiger partial charge in [-0.25, -0.2) is 0 Å². The summed E-state index contributed by atoms with van der Waals surface area (Å²) in [4.78, 5) is 11.4. The van der Waals surface area contributed by atoms with Crippen LogP contribution in [-0.4, -0.2) is 26.1 Å². The van der Waals surface area contributed by atoms with Crippen molar-refractivity contribution < 1.29 is 9.53 Å². The van der Waals surface area contributed by atoms with Crippen LogP contribution in [0.3, 0.4) is 0 Å². The van der Waals surface area contributed by atoms with Crippen molar-refractivity contribution in [3.05, 3.63) is 28.8 Å². The molecular formula is C15H24N2O2. The van der Waals surface area contributed by atoms with E-state index in [2.05, 4.69) is 17.4 Å². The normalized spacial score (nSPS) is 10.3. The number of nitrogens with two attached hydrogens (primary N) is 1. The van der Waals surface area contributed by atoms with Gasteiger partial charge in [-0.1, -0.05) is 12.1 Å². The molecule has 1 aromatic carbocycles. The number of carbonyl (C=O) groups is 1. The van der Waals surface area contributed by atoms with Gasteiger partial charge in [0, 0.05) is 13.0 Å². The molecule has 1 amide bonds. The molecule has 0 atom stereocenters. The number of carbonyl (C=O) groups excluding carboxylic acids is 1. The summed E-state index contributed by atoms with van der Waals surface area (Å²) in [5.74, 6) is 1.02.